The smallest absolute Gasteiger partial charge is 0.317 e. The summed E-state index contributed by atoms with van der Waals surface area (Å²) in [5, 5.41) is 5.85. The molecule has 0 bridgehead atoms. The van der Waals surface area contributed by atoms with Gasteiger partial charge in [0.25, 0.3) is 0 Å². The number of carbonyl (C=O) groups excluding carboxylic acids is 2. The summed E-state index contributed by atoms with van der Waals surface area (Å²) < 4.78 is 13.6. The maximum Gasteiger partial charge on any atom is 0.317 e. The van der Waals surface area contributed by atoms with E-state index in [0.29, 0.717) is 31.5 Å². The van der Waals surface area contributed by atoms with Gasteiger partial charge in [0.1, 0.15) is 5.82 Å². The van der Waals surface area contributed by atoms with Gasteiger partial charge in [-0.2, -0.15) is 0 Å². The van der Waals surface area contributed by atoms with Gasteiger partial charge in [-0.1, -0.05) is 19.1 Å². The second-order valence-electron chi connectivity index (χ2n) is 7.10. The number of nitrogens with one attached hydrogen (secondary N) is 2. The highest BCUT2D eigenvalue weighted by atomic mass is 19.1. The zero-order chi connectivity index (χ0) is 19.3. The fourth-order valence-electron chi connectivity index (χ4n) is 3.35. The molecule has 3 amide bonds. The lowest BCUT2D eigenvalue weighted by atomic mass is 9.88. The Hall–Kier alpha value is -2.11. The van der Waals surface area contributed by atoms with Crippen molar-refractivity contribution in [1.82, 2.24) is 15.5 Å². The number of hydrogen-bond acceptors (Lipinski definition) is 2. The summed E-state index contributed by atoms with van der Waals surface area (Å²) in [5.41, 5.74) is 1.48. The van der Waals surface area contributed by atoms with Crippen molar-refractivity contribution >= 4 is 11.9 Å². The predicted octanol–water partition coefficient (Wildman–Crippen LogP) is 3.53. The van der Waals surface area contributed by atoms with E-state index in [2.05, 4.69) is 10.6 Å². The first-order valence-electron chi connectivity index (χ1n) is 9.48. The number of aryl methyl sites for hydroxylation is 1. The predicted molar refractivity (Wildman–Crippen MR) is 100 cm³/mol. The third-order valence-electron chi connectivity index (χ3n) is 5.11. The van der Waals surface area contributed by atoms with Crippen molar-refractivity contribution in [3.8, 4) is 0 Å². The molecular formula is C20H30FN3O2. The number of benzene rings is 1. The van der Waals surface area contributed by atoms with Crippen molar-refractivity contribution in [1.29, 1.82) is 0 Å². The Morgan fingerprint density at radius 3 is 2.65 bits per heavy atom. The van der Waals surface area contributed by atoms with Gasteiger partial charge >= 0.3 is 6.03 Å². The molecule has 144 valence electrons. The number of piperidine rings is 1. The number of amides is 3. The summed E-state index contributed by atoms with van der Waals surface area (Å²) in [4.78, 5) is 26.8. The van der Waals surface area contributed by atoms with Crippen molar-refractivity contribution < 1.29 is 14.0 Å². The normalized spacial score (nSPS) is 21.2. The number of likely N-dealkylation sites (tertiary alicyclic amines) is 1. The van der Waals surface area contributed by atoms with Crippen LogP contribution in [0, 0.1) is 18.7 Å². The molecule has 1 heterocycles. The first kappa shape index (κ1) is 20.2. The quantitative estimate of drug-likeness (QED) is 0.841. The Morgan fingerprint density at radius 1 is 1.31 bits per heavy atom. The van der Waals surface area contributed by atoms with Gasteiger partial charge in [-0.25, -0.2) is 9.18 Å². The first-order valence-corrected chi connectivity index (χ1v) is 9.48. The van der Waals surface area contributed by atoms with E-state index in [9.17, 15) is 14.0 Å². The minimum absolute atomic E-state index is 0.00221. The molecule has 1 saturated heterocycles. The van der Waals surface area contributed by atoms with Gasteiger partial charge in [-0.05, 0) is 57.2 Å². The molecule has 2 N–H and O–H groups in total. The summed E-state index contributed by atoms with van der Waals surface area (Å²) in [7, 11) is 0. The Bertz CT molecular complexity index is 650. The van der Waals surface area contributed by atoms with E-state index in [-0.39, 0.29) is 35.8 Å². The van der Waals surface area contributed by atoms with Crippen LogP contribution in [0.15, 0.2) is 18.2 Å². The highest BCUT2D eigenvalue weighted by molar-refractivity contribution is 5.81. The van der Waals surface area contributed by atoms with Gasteiger partial charge in [0.15, 0.2) is 0 Å². The maximum absolute atomic E-state index is 13.6. The van der Waals surface area contributed by atoms with Crippen molar-refractivity contribution in [2.24, 2.45) is 5.92 Å². The lowest BCUT2D eigenvalue weighted by Gasteiger charge is -2.39. The van der Waals surface area contributed by atoms with Crippen LogP contribution in [0.25, 0.3) is 0 Å². The molecule has 2 rings (SSSR count). The van der Waals surface area contributed by atoms with E-state index in [4.69, 9.17) is 0 Å². The molecule has 6 heteroatoms. The van der Waals surface area contributed by atoms with E-state index in [0.717, 1.165) is 12.0 Å². The zero-order valence-corrected chi connectivity index (χ0v) is 16.1. The maximum atomic E-state index is 13.6. The van der Waals surface area contributed by atoms with Crippen LogP contribution >= 0.6 is 0 Å². The molecule has 0 aliphatic carbocycles. The Kier molecular flexibility index (Phi) is 7.00. The van der Waals surface area contributed by atoms with Crippen LogP contribution in [0.5, 0.6) is 0 Å². The highest BCUT2D eigenvalue weighted by Gasteiger charge is 2.35. The van der Waals surface area contributed by atoms with Crippen molar-refractivity contribution in [3.05, 3.63) is 35.1 Å². The van der Waals surface area contributed by atoms with Gasteiger partial charge in [-0.3, -0.25) is 4.79 Å². The van der Waals surface area contributed by atoms with E-state index in [1.807, 2.05) is 20.8 Å². The topological polar surface area (TPSA) is 61.4 Å². The standard InChI is InChI=1S/C20H30FN3O2/c1-5-14(4)23-19(25)16-8-10-18(24(12-16)20(26)22-6-2)15-7-9-17(21)13(3)11-15/h7,9,11,14,16,18H,5-6,8,10,12H2,1-4H3,(H,22,26)(H,23,25)/t14-,16-,18-/m1/s1. The fourth-order valence-corrected chi connectivity index (χ4v) is 3.35. The summed E-state index contributed by atoms with van der Waals surface area (Å²) in [6.45, 7) is 8.49. The van der Waals surface area contributed by atoms with Crippen LogP contribution in [0.1, 0.15) is 57.2 Å². The third kappa shape index (κ3) is 4.74. The molecule has 5 nitrogen and oxygen atoms in total. The number of nitrogens with zero attached hydrogens (tertiary/aromatic N) is 1. The van der Waals surface area contributed by atoms with E-state index < -0.39 is 0 Å². The van der Waals surface area contributed by atoms with Gasteiger partial charge < -0.3 is 15.5 Å². The molecule has 1 fully saturated rings. The van der Waals surface area contributed by atoms with Gasteiger partial charge in [0.2, 0.25) is 5.91 Å². The molecule has 0 saturated carbocycles. The van der Waals surface area contributed by atoms with Crippen LogP contribution < -0.4 is 10.6 Å². The van der Waals surface area contributed by atoms with Gasteiger partial charge in [-0.15, -0.1) is 0 Å². The second-order valence-corrected chi connectivity index (χ2v) is 7.10. The Labute approximate surface area is 155 Å². The fraction of sp³-hybridized carbons (Fsp3) is 0.600. The van der Waals surface area contributed by atoms with Gasteiger partial charge in [0, 0.05) is 19.1 Å². The van der Waals surface area contributed by atoms with Crippen molar-refractivity contribution in [2.75, 3.05) is 13.1 Å². The number of rotatable bonds is 5. The number of urea groups is 1. The molecule has 0 radical (unpaired) electrons. The average Bonchev–Trinajstić information content (AvgIpc) is 2.63. The van der Waals surface area contributed by atoms with E-state index in [1.54, 1.807) is 24.0 Å². The van der Waals surface area contributed by atoms with Crippen LogP contribution in [0.4, 0.5) is 9.18 Å². The van der Waals surface area contributed by atoms with Crippen molar-refractivity contribution in [3.63, 3.8) is 0 Å². The summed E-state index contributed by atoms with van der Waals surface area (Å²) in [6.07, 6.45) is 2.26. The molecule has 1 aliphatic rings. The summed E-state index contributed by atoms with van der Waals surface area (Å²) in [5.74, 6) is -0.466. The van der Waals surface area contributed by atoms with Crippen LogP contribution in [-0.4, -0.2) is 36.0 Å². The first-order chi connectivity index (χ1) is 12.4. The van der Waals surface area contributed by atoms with Crippen LogP contribution in [0.3, 0.4) is 0 Å². The monoisotopic (exact) mass is 363 g/mol. The average molecular weight is 363 g/mol. The number of halogens is 1. The Morgan fingerprint density at radius 2 is 2.04 bits per heavy atom. The molecule has 1 aromatic rings. The zero-order valence-electron chi connectivity index (χ0n) is 16.1. The molecule has 0 spiro atoms. The van der Waals surface area contributed by atoms with E-state index >= 15 is 0 Å². The van der Waals surface area contributed by atoms with Gasteiger partial charge in [0.05, 0.1) is 12.0 Å². The molecule has 0 unspecified atom stereocenters. The minimum atomic E-state index is -0.250. The summed E-state index contributed by atoms with van der Waals surface area (Å²) in [6, 6.07) is 4.78. The largest absolute Gasteiger partial charge is 0.353 e. The second kappa shape index (κ2) is 9.01. The van der Waals surface area contributed by atoms with Crippen LogP contribution in [-0.2, 0) is 4.79 Å². The summed E-state index contributed by atoms with van der Waals surface area (Å²) >= 11 is 0. The van der Waals surface area contributed by atoms with Crippen molar-refractivity contribution in [2.45, 2.75) is 59.0 Å². The van der Waals surface area contributed by atoms with E-state index in [1.165, 1.54) is 6.07 Å². The van der Waals surface area contributed by atoms with Crippen LogP contribution in [0.2, 0.25) is 0 Å². The lowest BCUT2D eigenvalue weighted by molar-refractivity contribution is -0.127. The third-order valence-corrected chi connectivity index (χ3v) is 5.11. The number of carbonyl (C=O) groups is 2. The lowest BCUT2D eigenvalue weighted by Crippen LogP contribution is -2.51. The molecular weight excluding hydrogens is 333 g/mol. The minimum Gasteiger partial charge on any atom is -0.353 e. The molecule has 26 heavy (non-hydrogen) atoms. The Balaban J connectivity index is 2.20. The number of hydrogen-bond donors (Lipinski definition) is 2. The molecule has 1 aliphatic heterocycles. The highest BCUT2D eigenvalue weighted by Crippen LogP contribution is 2.34. The SMILES string of the molecule is CCNC(=O)N1C[C@H](C(=O)N[C@H](C)CC)CC[C@@H]1c1ccc(F)c(C)c1. The molecule has 1 aromatic carbocycles. The molecule has 3 atom stereocenters. The molecule has 0 aromatic heterocycles.